The van der Waals surface area contributed by atoms with Gasteiger partial charge in [0.2, 0.25) is 0 Å². The number of carboxylic acid groups (broad SMARTS) is 1. The molecule has 3 aromatic rings. The molecule has 0 radical (unpaired) electrons. The van der Waals surface area contributed by atoms with Crippen molar-refractivity contribution >= 4 is 39.3 Å². The van der Waals surface area contributed by atoms with E-state index in [0.717, 1.165) is 44.8 Å². The van der Waals surface area contributed by atoms with Crippen molar-refractivity contribution in [3.05, 3.63) is 40.8 Å². The Morgan fingerprint density at radius 3 is 2.41 bits per heavy atom. The maximum atomic E-state index is 12.5. The molecule has 6 rings (SSSR count). The first-order valence-corrected chi connectivity index (χ1v) is 15.9. The number of rotatable bonds is 5. The summed E-state index contributed by atoms with van der Waals surface area (Å²) >= 11 is 1.46. The van der Waals surface area contributed by atoms with Crippen LogP contribution >= 0.6 is 11.3 Å². The molecule has 1 amide bonds. The lowest BCUT2D eigenvalue weighted by molar-refractivity contribution is 0.0147. The Morgan fingerprint density at radius 1 is 0.976 bits per heavy atom. The number of para-hydroxylation sites is 1. The second kappa shape index (κ2) is 11.3. The van der Waals surface area contributed by atoms with E-state index in [1.54, 1.807) is 0 Å². The van der Waals surface area contributed by atoms with Crippen LogP contribution in [-0.2, 0) is 11.3 Å². The van der Waals surface area contributed by atoms with Crippen LogP contribution in [0.2, 0.25) is 0 Å². The normalized spacial score (nSPS) is 18.7. The van der Waals surface area contributed by atoms with E-state index in [-0.39, 0.29) is 6.09 Å². The average molecular weight is 579 g/mol. The molecule has 41 heavy (non-hydrogen) atoms. The van der Waals surface area contributed by atoms with E-state index in [1.165, 1.54) is 70.6 Å². The number of hydrogen-bond acceptors (Lipinski definition) is 6. The van der Waals surface area contributed by atoms with Gasteiger partial charge >= 0.3 is 12.1 Å². The predicted octanol–water partition coefficient (Wildman–Crippen LogP) is 6.49. The molecule has 1 saturated heterocycles. The fraction of sp³-hybridized carbons (Fsp3) is 0.562. The molecule has 2 aromatic heterocycles. The molecule has 1 N–H and O–H groups in total. The second-order valence-corrected chi connectivity index (χ2v) is 13.7. The molecular formula is C32H42N4O4S. The number of aromatic nitrogens is 1. The van der Waals surface area contributed by atoms with E-state index >= 15 is 0 Å². The molecule has 1 saturated carbocycles. The van der Waals surface area contributed by atoms with Crippen molar-refractivity contribution in [3.63, 3.8) is 0 Å². The fourth-order valence-electron chi connectivity index (χ4n) is 6.81. The van der Waals surface area contributed by atoms with Crippen LogP contribution in [0.4, 0.5) is 10.5 Å². The van der Waals surface area contributed by atoms with Gasteiger partial charge in [0, 0.05) is 63.6 Å². The number of thiophene rings is 1. The van der Waals surface area contributed by atoms with Gasteiger partial charge in [0.1, 0.15) is 10.5 Å². The quantitative estimate of drug-likeness (QED) is 0.373. The number of carbonyl (C=O) groups is 2. The Balaban J connectivity index is 1.24. The molecule has 0 atom stereocenters. The fourth-order valence-corrected chi connectivity index (χ4v) is 7.94. The van der Waals surface area contributed by atoms with Gasteiger partial charge in [-0.3, -0.25) is 4.90 Å². The summed E-state index contributed by atoms with van der Waals surface area (Å²) in [4.78, 5) is 31.7. The molecular weight excluding hydrogens is 536 g/mol. The number of anilines is 1. The lowest BCUT2D eigenvalue weighted by Gasteiger charge is -2.36. The lowest BCUT2D eigenvalue weighted by atomic mass is 9.83. The maximum absolute atomic E-state index is 12.5. The molecule has 2 aliphatic heterocycles. The number of aromatic carboxylic acids is 1. The Morgan fingerprint density at radius 2 is 1.71 bits per heavy atom. The Labute approximate surface area is 246 Å². The van der Waals surface area contributed by atoms with E-state index in [9.17, 15) is 14.7 Å². The second-order valence-electron chi connectivity index (χ2n) is 12.7. The van der Waals surface area contributed by atoms with Crippen molar-refractivity contribution < 1.29 is 19.4 Å². The molecule has 4 heterocycles. The third kappa shape index (κ3) is 5.71. The molecule has 220 valence electrons. The van der Waals surface area contributed by atoms with Gasteiger partial charge in [-0.25, -0.2) is 9.59 Å². The first-order chi connectivity index (χ1) is 19.7. The molecule has 2 fully saturated rings. The lowest BCUT2D eigenvalue weighted by Crippen LogP contribution is -2.51. The van der Waals surface area contributed by atoms with Crippen LogP contribution < -0.4 is 4.90 Å². The monoisotopic (exact) mass is 578 g/mol. The summed E-state index contributed by atoms with van der Waals surface area (Å²) in [7, 11) is 0. The van der Waals surface area contributed by atoms with Crippen LogP contribution in [0.25, 0.3) is 21.5 Å². The van der Waals surface area contributed by atoms with Crippen LogP contribution in [-0.4, -0.2) is 83.0 Å². The van der Waals surface area contributed by atoms with Crippen molar-refractivity contribution in [1.82, 2.24) is 14.4 Å². The van der Waals surface area contributed by atoms with Crippen molar-refractivity contribution in [2.45, 2.75) is 70.9 Å². The van der Waals surface area contributed by atoms with E-state index in [0.29, 0.717) is 23.9 Å². The summed E-state index contributed by atoms with van der Waals surface area (Å²) in [5.74, 6) is -0.360. The number of fused-ring (bicyclic) bond motifs is 5. The zero-order chi connectivity index (χ0) is 28.7. The topological polar surface area (TPSA) is 78.2 Å². The largest absolute Gasteiger partial charge is 0.477 e. The summed E-state index contributed by atoms with van der Waals surface area (Å²) in [6, 6.07) is 10.7. The number of hydrogen-bond donors (Lipinski definition) is 1. The van der Waals surface area contributed by atoms with E-state index in [4.69, 9.17) is 4.74 Å². The van der Waals surface area contributed by atoms with Crippen molar-refractivity contribution in [2.24, 2.45) is 0 Å². The van der Waals surface area contributed by atoms with Crippen LogP contribution in [0.3, 0.4) is 0 Å². The minimum Gasteiger partial charge on any atom is -0.477 e. The van der Waals surface area contributed by atoms with Crippen LogP contribution in [0, 0.1) is 0 Å². The number of carbonyl (C=O) groups excluding carboxylic acids is 1. The number of benzene rings is 1. The van der Waals surface area contributed by atoms with Crippen LogP contribution in [0.1, 0.15) is 74.0 Å². The molecule has 0 unspecified atom stereocenters. The van der Waals surface area contributed by atoms with Crippen molar-refractivity contribution in [3.8, 4) is 11.3 Å². The molecule has 0 bridgehead atoms. The molecule has 0 spiro atoms. The Bertz CT molecular complexity index is 1420. The van der Waals surface area contributed by atoms with E-state index in [2.05, 4.69) is 38.6 Å². The summed E-state index contributed by atoms with van der Waals surface area (Å²) in [5.41, 5.74) is 5.82. The smallest absolute Gasteiger partial charge is 0.410 e. The third-order valence-corrected chi connectivity index (χ3v) is 9.95. The zero-order valence-corrected chi connectivity index (χ0v) is 25.3. The molecule has 1 aromatic carbocycles. The number of nitrogens with zero attached hydrogens (tertiary/aromatic N) is 4. The Kier molecular flexibility index (Phi) is 7.76. The molecule has 8 nitrogen and oxygen atoms in total. The molecule has 9 heteroatoms. The highest BCUT2D eigenvalue weighted by atomic mass is 32.1. The SMILES string of the molecule is CC(C)(C)OC(=O)N1CCN(CCN2CCn3c(c(C4CCCCC4)c4sc(C(=O)O)cc43)-c3ccccc32)CC1. The number of ether oxygens (including phenoxy) is 1. The standard InChI is InChI=1S/C32H42N4O4S/c1-32(2,3)40-31(39)35-17-14-33(15-18-35)13-16-34-19-20-36-25-21-26(30(37)38)41-29(25)27(22-9-5-4-6-10-22)28(36)23-11-7-8-12-24(23)34/h7-8,11-12,21-22H,4-6,9-10,13-20H2,1-3H3,(H,37,38). The van der Waals surface area contributed by atoms with Gasteiger partial charge in [-0.1, -0.05) is 37.5 Å². The van der Waals surface area contributed by atoms with E-state index < -0.39 is 11.6 Å². The first kappa shape index (κ1) is 28.1. The van der Waals surface area contributed by atoms with Gasteiger partial charge < -0.3 is 24.2 Å². The number of piperazine rings is 1. The summed E-state index contributed by atoms with van der Waals surface area (Å²) in [6.07, 6.45) is 5.89. The first-order valence-electron chi connectivity index (χ1n) is 15.1. The summed E-state index contributed by atoms with van der Waals surface area (Å²) in [5, 5.41) is 9.81. The number of carboxylic acids is 1. The highest BCUT2D eigenvalue weighted by Crippen LogP contribution is 2.49. The Hall–Kier alpha value is -3.04. The van der Waals surface area contributed by atoms with Crippen LogP contribution in [0.15, 0.2) is 30.3 Å². The van der Waals surface area contributed by atoms with Crippen molar-refractivity contribution in [2.75, 3.05) is 50.7 Å². The van der Waals surface area contributed by atoms with Gasteiger partial charge in [-0.05, 0) is 57.2 Å². The summed E-state index contributed by atoms with van der Waals surface area (Å²) < 4.78 is 9.16. The summed E-state index contributed by atoms with van der Waals surface area (Å²) in [6.45, 7) is 12.3. The van der Waals surface area contributed by atoms with Gasteiger partial charge in [-0.15, -0.1) is 11.3 Å². The van der Waals surface area contributed by atoms with Gasteiger partial charge in [0.25, 0.3) is 0 Å². The molecule has 3 aliphatic rings. The zero-order valence-electron chi connectivity index (χ0n) is 24.5. The minimum absolute atomic E-state index is 0.222. The average Bonchev–Trinajstić information content (AvgIpc) is 3.46. The number of amides is 1. The van der Waals surface area contributed by atoms with Gasteiger partial charge in [-0.2, -0.15) is 0 Å². The predicted molar refractivity (Wildman–Crippen MR) is 164 cm³/mol. The van der Waals surface area contributed by atoms with Crippen molar-refractivity contribution in [1.29, 1.82) is 0 Å². The highest BCUT2D eigenvalue weighted by Gasteiger charge is 2.32. The maximum Gasteiger partial charge on any atom is 0.410 e. The molecule has 1 aliphatic carbocycles. The minimum atomic E-state index is -0.836. The van der Waals surface area contributed by atoms with Gasteiger partial charge in [0.15, 0.2) is 0 Å². The third-order valence-electron chi connectivity index (χ3n) is 8.80. The van der Waals surface area contributed by atoms with Crippen LogP contribution in [0.5, 0.6) is 0 Å². The van der Waals surface area contributed by atoms with Gasteiger partial charge in [0.05, 0.1) is 15.9 Å². The van der Waals surface area contributed by atoms with E-state index in [1.807, 2.05) is 31.7 Å². The highest BCUT2D eigenvalue weighted by molar-refractivity contribution is 7.21.